The lowest BCUT2D eigenvalue weighted by atomic mass is 10.1. The van der Waals surface area contributed by atoms with E-state index in [1.54, 1.807) is 6.20 Å². The molecule has 1 aliphatic rings. The van der Waals surface area contributed by atoms with Crippen molar-refractivity contribution in [3.63, 3.8) is 0 Å². The first kappa shape index (κ1) is 14.4. The summed E-state index contributed by atoms with van der Waals surface area (Å²) in [6.45, 7) is 3.61. The van der Waals surface area contributed by atoms with E-state index in [9.17, 15) is 4.79 Å². The van der Waals surface area contributed by atoms with Gasteiger partial charge in [-0.1, -0.05) is 0 Å². The standard InChI is InChI=1S/C16H19N3O3/c1-2-22-14-6-5-13(12-4-3-8-17-15(12)14)18-11-7-9-19(10-11)16(20)21/h3-6,8,11,18H,2,7,9-10H2,1H3,(H,20,21)/t11-/m0/s1. The van der Waals surface area contributed by atoms with Gasteiger partial charge in [0.2, 0.25) is 0 Å². The Kier molecular flexibility index (Phi) is 4.00. The zero-order valence-electron chi connectivity index (χ0n) is 12.5. The molecule has 0 spiro atoms. The number of likely N-dealkylation sites (tertiary alicyclic amines) is 1. The van der Waals surface area contributed by atoms with Gasteiger partial charge in [-0.15, -0.1) is 0 Å². The van der Waals surface area contributed by atoms with E-state index in [2.05, 4.69) is 10.3 Å². The molecule has 3 rings (SSSR count). The fraction of sp³-hybridized carbons (Fsp3) is 0.375. The molecule has 1 aromatic heterocycles. The molecule has 2 heterocycles. The molecule has 0 unspecified atom stereocenters. The first-order valence-corrected chi connectivity index (χ1v) is 7.44. The Hall–Kier alpha value is -2.50. The van der Waals surface area contributed by atoms with E-state index in [0.717, 1.165) is 28.8 Å². The van der Waals surface area contributed by atoms with Crippen LogP contribution in [0.1, 0.15) is 13.3 Å². The van der Waals surface area contributed by atoms with Gasteiger partial charge in [0, 0.05) is 36.4 Å². The predicted molar refractivity (Wildman–Crippen MR) is 84.5 cm³/mol. The zero-order valence-corrected chi connectivity index (χ0v) is 12.5. The summed E-state index contributed by atoms with van der Waals surface area (Å²) in [5.74, 6) is 0.766. The number of carbonyl (C=O) groups is 1. The molecule has 0 saturated carbocycles. The molecule has 2 N–H and O–H groups in total. The summed E-state index contributed by atoms with van der Waals surface area (Å²) in [4.78, 5) is 16.8. The molecule has 0 bridgehead atoms. The van der Waals surface area contributed by atoms with Gasteiger partial charge in [-0.3, -0.25) is 4.98 Å². The molecular formula is C16H19N3O3. The lowest BCUT2D eigenvalue weighted by molar-refractivity contribution is 0.155. The van der Waals surface area contributed by atoms with Gasteiger partial charge in [-0.25, -0.2) is 4.79 Å². The van der Waals surface area contributed by atoms with Gasteiger partial charge in [0.15, 0.2) is 0 Å². The van der Waals surface area contributed by atoms with Crippen LogP contribution in [0.25, 0.3) is 10.9 Å². The van der Waals surface area contributed by atoms with Crippen molar-refractivity contribution in [3.8, 4) is 5.75 Å². The zero-order chi connectivity index (χ0) is 15.5. The number of carboxylic acid groups (broad SMARTS) is 1. The Morgan fingerprint density at radius 1 is 1.50 bits per heavy atom. The Morgan fingerprint density at radius 2 is 2.36 bits per heavy atom. The molecule has 6 heteroatoms. The number of nitrogens with one attached hydrogen (secondary N) is 1. The third-order valence-corrected chi connectivity index (χ3v) is 3.85. The molecule has 1 fully saturated rings. The third-order valence-electron chi connectivity index (χ3n) is 3.85. The second kappa shape index (κ2) is 6.09. The summed E-state index contributed by atoms with van der Waals surface area (Å²) in [5.41, 5.74) is 1.78. The maximum atomic E-state index is 11.0. The average Bonchev–Trinajstić information content (AvgIpc) is 2.99. The number of hydrogen-bond acceptors (Lipinski definition) is 4. The monoisotopic (exact) mass is 301 g/mol. The van der Waals surface area contributed by atoms with E-state index in [4.69, 9.17) is 9.84 Å². The second-order valence-electron chi connectivity index (χ2n) is 5.30. The Bertz CT molecular complexity index is 689. The lowest BCUT2D eigenvalue weighted by Gasteiger charge is -2.17. The molecule has 1 amide bonds. The first-order valence-electron chi connectivity index (χ1n) is 7.44. The fourth-order valence-corrected chi connectivity index (χ4v) is 2.82. The minimum atomic E-state index is -0.859. The number of anilines is 1. The summed E-state index contributed by atoms with van der Waals surface area (Å²) >= 11 is 0. The van der Waals surface area contributed by atoms with Crippen LogP contribution >= 0.6 is 0 Å². The summed E-state index contributed by atoms with van der Waals surface area (Å²) in [5, 5.41) is 13.5. The van der Waals surface area contributed by atoms with Crippen molar-refractivity contribution in [2.45, 2.75) is 19.4 Å². The number of benzene rings is 1. The third kappa shape index (κ3) is 2.77. The summed E-state index contributed by atoms with van der Waals surface area (Å²) < 4.78 is 5.62. The van der Waals surface area contributed by atoms with Crippen LogP contribution in [-0.2, 0) is 0 Å². The van der Waals surface area contributed by atoms with Gasteiger partial charge >= 0.3 is 6.09 Å². The number of amides is 1. The van der Waals surface area contributed by atoms with Gasteiger partial charge in [0.25, 0.3) is 0 Å². The van der Waals surface area contributed by atoms with Crippen molar-refractivity contribution in [1.82, 2.24) is 9.88 Å². The lowest BCUT2D eigenvalue weighted by Crippen LogP contribution is -2.30. The Morgan fingerprint density at radius 3 is 3.09 bits per heavy atom. The predicted octanol–water partition coefficient (Wildman–Crippen LogP) is 2.80. The largest absolute Gasteiger partial charge is 0.492 e. The molecular weight excluding hydrogens is 282 g/mol. The van der Waals surface area contributed by atoms with E-state index < -0.39 is 6.09 Å². The van der Waals surface area contributed by atoms with Crippen LogP contribution in [-0.4, -0.2) is 46.8 Å². The molecule has 1 saturated heterocycles. The highest BCUT2D eigenvalue weighted by Gasteiger charge is 2.26. The highest BCUT2D eigenvalue weighted by Crippen LogP contribution is 2.31. The topological polar surface area (TPSA) is 74.7 Å². The molecule has 1 aromatic carbocycles. The summed E-state index contributed by atoms with van der Waals surface area (Å²) in [6, 6.07) is 7.89. The van der Waals surface area contributed by atoms with Crippen molar-refractivity contribution in [3.05, 3.63) is 30.5 Å². The van der Waals surface area contributed by atoms with Gasteiger partial charge in [-0.05, 0) is 37.6 Å². The number of nitrogens with zero attached hydrogens (tertiary/aromatic N) is 2. The Balaban J connectivity index is 1.86. The van der Waals surface area contributed by atoms with Crippen molar-refractivity contribution < 1.29 is 14.6 Å². The maximum Gasteiger partial charge on any atom is 0.407 e. The van der Waals surface area contributed by atoms with E-state index in [1.807, 2.05) is 31.2 Å². The molecule has 6 nitrogen and oxygen atoms in total. The van der Waals surface area contributed by atoms with Crippen LogP contribution < -0.4 is 10.1 Å². The number of fused-ring (bicyclic) bond motifs is 1. The average molecular weight is 301 g/mol. The summed E-state index contributed by atoms with van der Waals surface area (Å²) in [7, 11) is 0. The van der Waals surface area contributed by atoms with Crippen molar-refractivity contribution in [2.24, 2.45) is 0 Å². The van der Waals surface area contributed by atoms with Crippen molar-refractivity contribution in [2.75, 3.05) is 25.0 Å². The number of rotatable bonds is 4. The molecule has 0 aliphatic carbocycles. The summed E-state index contributed by atoms with van der Waals surface area (Å²) in [6.07, 6.45) is 1.69. The van der Waals surface area contributed by atoms with Crippen molar-refractivity contribution >= 4 is 22.7 Å². The molecule has 1 aliphatic heterocycles. The smallest absolute Gasteiger partial charge is 0.407 e. The molecule has 0 radical (unpaired) electrons. The number of pyridine rings is 1. The minimum Gasteiger partial charge on any atom is -0.492 e. The van der Waals surface area contributed by atoms with Crippen LogP contribution in [0.3, 0.4) is 0 Å². The van der Waals surface area contributed by atoms with Gasteiger partial charge in [0.05, 0.1) is 6.61 Å². The number of aromatic nitrogens is 1. The van der Waals surface area contributed by atoms with E-state index >= 15 is 0 Å². The molecule has 2 aromatic rings. The highest BCUT2D eigenvalue weighted by molar-refractivity contribution is 5.95. The molecule has 116 valence electrons. The Labute approximate surface area is 128 Å². The normalized spacial score (nSPS) is 17.7. The number of hydrogen-bond donors (Lipinski definition) is 2. The molecule has 22 heavy (non-hydrogen) atoms. The highest BCUT2D eigenvalue weighted by atomic mass is 16.5. The molecule has 1 atom stereocenters. The van der Waals surface area contributed by atoms with Crippen LogP contribution in [0.5, 0.6) is 5.75 Å². The van der Waals surface area contributed by atoms with Crippen LogP contribution in [0.2, 0.25) is 0 Å². The first-order chi connectivity index (χ1) is 10.7. The second-order valence-corrected chi connectivity index (χ2v) is 5.30. The van der Waals surface area contributed by atoms with E-state index in [1.165, 1.54) is 4.90 Å². The van der Waals surface area contributed by atoms with E-state index in [0.29, 0.717) is 19.7 Å². The number of ether oxygens (including phenoxy) is 1. The SMILES string of the molecule is CCOc1ccc(N[C@H]2CCN(C(=O)O)C2)c2cccnc12. The fourth-order valence-electron chi connectivity index (χ4n) is 2.82. The minimum absolute atomic E-state index is 0.123. The van der Waals surface area contributed by atoms with Gasteiger partial charge < -0.3 is 20.1 Å². The van der Waals surface area contributed by atoms with E-state index in [-0.39, 0.29) is 6.04 Å². The van der Waals surface area contributed by atoms with Gasteiger partial charge in [0.1, 0.15) is 11.3 Å². The van der Waals surface area contributed by atoms with Crippen molar-refractivity contribution in [1.29, 1.82) is 0 Å². The van der Waals surface area contributed by atoms with Crippen LogP contribution in [0, 0.1) is 0 Å². The maximum absolute atomic E-state index is 11.0. The van der Waals surface area contributed by atoms with Crippen LogP contribution in [0.4, 0.5) is 10.5 Å². The quantitative estimate of drug-likeness (QED) is 0.908. The van der Waals surface area contributed by atoms with Crippen LogP contribution in [0.15, 0.2) is 30.5 Å². The van der Waals surface area contributed by atoms with Gasteiger partial charge in [-0.2, -0.15) is 0 Å².